The summed E-state index contributed by atoms with van der Waals surface area (Å²) in [4.78, 5) is 0. The van der Waals surface area contributed by atoms with E-state index in [0.717, 1.165) is 38.6 Å². The number of para-hydroxylation sites is 3. The fourth-order valence-electron chi connectivity index (χ4n) is 7.03. The Morgan fingerprint density at radius 2 is 0.886 bits per heavy atom. The Morgan fingerprint density at radius 3 is 1.52 bits per heavy atom. The number of benzene rings is 7. The minimum Gasteiger partial charge on any atom is -0.450 e. The summed E-state index contributed by atoms with van der Waals surface area (Å²) < 4.78 is 4.71. The maximum Gasteiger partial charge on any atom is 0.327 e. The molecule has 4 heteroatoms. The topological polar surface area (TPSA) is 30.1 Å². The summed E-state index contributed by atoms with van der Waals surface area (Å²) in [5.74, 6) is 0. The van der Waals surface area contributed by atoms with Gasteiger partial charge < -0.3 is 14.2 Å². The molecule has 2 heterocycles. The summed E-state index contributed by atoms with van der Waals surface area (Å²) in [7, 11) is 1.19. The third-order valence-electron chi connectivity index (χ3n) is 9.01. The Balaban J connectivity index is 1.27. The van der Waals surface area contributed by atoms with Crippen molar-refractivity contribution in [3.8, 4) is 22.5 Å². The molecule has 0 spiro atoms. The number of rotatable bonds is 4. The molecule has 0 saturated heterocycles. The molecule has 0 fully saturated rings. The van der Waals surface area contributed by atoms with Crippen LogP contribution in [-0.4, -0.2) is 21.6 Å². The molecule has 0 atom stereocenters. The normalized spacial score (nSPS) is 11.8. The zero-order valence-electron chi connectivity index (χ0n) is 23.9. The first-order chi connectivity index (χ1) is 21.8. The van der Waals surface area contributed by atoms with Gasteiger partial charge >= 0.3 is 7.48 Å². The van der Waals surface area contributed by atoms with Gasteiger partial charge in [0.05, 0.1) is 27.8 Å². The van der Waals surface area contributed by atoms with Crippen LogP contribution in [0.15, 0.2) is 152 Å². The van der Waals surface area contributed by atoms with Crippen molar-refractivity contribution in [2.45, 2.75) is 0 Å². The zero-order chi connectivity index (χ0) is 29.2. The van der Waals surface area contributed by atoms with E-state index >= 15 is 0 Å². The van der Waals surface area contributed by atoms with E-state index < -0.39 is 0 Å². The monoisotopic (exact) mass is 561 g/mol. The van der Waals surface area contributed by atoms with Gasteiger partial charge in [0.1, 0.15) is 0 Å². The predicted octanol–water partition coefficient (Wildman–Crippen LogP) is 8.94. The van der Waals surface area contributed by atoms with Crippen LogP contribution in [-0.2, 0) is 0 Å². The highest BCUT2D eigenvalue weighted by Crippen LogP contribution is 2.39. The predicted molar refractivity (Wildman–Crippen MR) is 186 cm³/mol. The van der Waals surface area contributed by atoms with Crippen LogP contribution in [0.1, 0.15) is 0 Å². The van der Waals surface area contributed by atoms with Crippen molar-refractivity contribution in [2.75, 3.05) is 0 Å². The SMILES string of the molecule is O[B]c1ccc(-n2c3ccccc3c3cc(-c4ccc5c(c4)c4ccccc4n5-c4ccccc4)ccc32)c2ccccc12. The molecule has 0 amide bonds. The van der Waals surface area contributed by atoms with E-state index in [1.165, 1.54) is 51.2 Å². The highest BCUT2D eigenvalue weighted by molar-refractivity contribution is 6.50. The van der Waals surface area contributed by atoms with Crippen molar-refractivity contribution in [1.29, 1.82) is 0 Å². The smallest absolute Gasteiger partial charge is 0.327 e. The Morgan fingerprint density at radius 1 is 0.386 bits per heavy atom. The maximum absolute atomic E-state index is 9.89. The second kappa shape index (κ2) is 9.73. The highest BCUT2D eigenvalue weighted by atomic mass is 16.2. The lowest BCUT2D eigenvalue weighted by Crippen LogP contribution is -2.15. The lowest BCUT2D eigenvalue weighted by atomic mass is 9.84. The first kappa shape index (κ1) is 25.0. The molecule has 2 aromatic heterocycles. The molecule has 3 nitrogen and oxygen atoms in total. The van der Waals surface area contributed by atoms with Crippen LogP contribution in [0.4, 0.5) is 0 Å². The molecule has 0 aliphatic carbocycles. The molecule has 0 saturated carbocycles. The lowest BCUT2D eigenvalue weighted by molar-refractivity contribution is 0.616. The van der Waals surface area contributed by atoms with Crippen LogP contribution in [0, 0.1) is 0 Å². The Labute approximate surface area is 255 Å². The first-order valence-corrected chi connectivity index (χ1v) is 14.9. The Hall–Kier alpha value is -5.58. The number of hydrogen-bond donors (Lipinski definition) is 1. The minimum absolute atomic E-state index is 0.816. The van der Waals surface area contributed by atoms with E-state index in [1.54, 1.807) is 0 Å². The van der Waals surface area contributed by atoms with Gasteiger partial charge in [-0.3, -0.25) is 0 Å². The van der Waals surface area contributed by atoms with Gasteiger partial charge in [-0.25, -0.2) is 0 Å². The van der Waals surface area contributed by atoms with Crippen LogP contribution in [0.5, 0.6) is 0 Å². The van der Waals surface area contributed by atoms with E-state index in [4.69, 9.17) is 0 Å². The first-order valence-electron chi connectivity index (χ1n) is 14.9. The van der Waals surface area contributed by atoms with Crippen LogP contribution in [0.2, 0.25) is 0 Å². The molecule has 0 unspecified atom stereocenters. The van der Waals surface area contributed by atoms with Gasteiger partial charge in [0.15, 0.2) is 0 Å². The van der Waals surface area contributed by atoms with E-state index in [1.807, 2.05) is 12.1 Å². The summed E-state index contributed by atoms with van der Waals surface area (Å²) in [6.07, 6.45) is 0. The lowest BCUT2D eigenvalue weighted by Gasteiger charge is -2.14. The number of aromatic nitrogens is 2. The maximum atomic E-state index is 9.89. The van der Waals surface area contributed by atoms with Crippen molar-refractivity contribution in [3.05, 3.63) is 152 Å². The van der Waals surface area contributed by atoms with E-state index in [-0.39, 0.29) is 0 Å². The molecular formula is C40H26BN2O. The fraction of sp³-hybridized carbons (Fsp3) is 0. The summed E-state index contributed by atoms with van der Waals surface area (Å²) in [6.45, 7) is 0. The average Bonchev–Trinajstić information content (AvgIpc) is 3.60. The molecule has 44 heavy (non-hydrogen) atoms. The van der Waals surface area contributed by atoms with Crippen molar-refractivity contribution >= 4 is 67.3 Å². The average molecular weight is 561 g/mol. The van der Waals surface area contributed by atoms with Gasteiger partial charge in [-0.15, -0.1) is 0 Å². The minimum atomic E-state index is 0.816. The van der Waals surface area contributed by atoms with Crippen LogP contribution < -0.4 is 5.46 Å². The largest absolute Gasteiger partial charge is 0.450 e. The van der Waals surface area contributed by atoms with E-state index in [2.05, 4.69) is 149 Å². The summed E-state index contributed by atoms with van der Waals surface area (Å²) in [5.41, 5.74) is 10.2. The summed E-state index contributed by atoms with van der Waals surface area (Å²) in [5, 5.41) is 16.9. The second-order valence-corrected chi connectivity index (χ2v) is 11.4. The van der Waals surface area contributed by atoms with Gasteiger partial charge in [-0.05, 0) is 76.6 Å². The second-order valence-electron chi connectivity index (χ2n) is 11.4. The van der Waals surface area contributed by atoms with E-state index in [9.17, 15) is 5.02 Å². The molecule has 1 N–H and O–H groups in total. The molecule has 1 radical (unpaired) electrons. The van der Waals surface area contributed by atoms with Crippen molar-refractivity contribution in [3.63, 3.8) is 0 Å². The van der Waals surface area contributed by atoms with Crippen LogP contribution in [0.25, 0.3) is 76.9 Å². The molecule has 0 bridgehead atoms. The zero-order valence-corrected chi connectivity index (χ0v) is 23.9. The molecule has 0 aliphatic rings. The Kier molecular flexibility index (Phi) is 5.52. The van der Waals surface area contributed by atoms with Crippen molar-refractivity contribution in [1.82, 2.24) is 9.13 Å². The third kappa shape index (κ3) is 3.62. The fourth-order valence-corrected chi connectivity index (χ4v) is 7.03. The molecule has 0 aliphatic heterocycles. The number of hydrogen-bond acceptors (Lipinski definition) is 1. The van der Waals surface area contributed by atoms with E-state index in [0.29, 0.717) is 0 Å². The number of fused-ring (bicyclic) bond motifs is 7. The van der Waals surface area contributed by atoms with Crippen molar-refractivity contribution in [2.24, 2.45) is 0 Å². The molecule has 7 aromatic carbocycles. The standard InChI is InChI=1S/C40H26BN2O/c44-41-35-20-23-38(30-13-5-4-12-29(30)35)43-37-17-9-7-15-32(37)34-25-27(19-22-40(34)43)26-18-21-39-33(24-26)31-14-6-8-16-36(31)42(39)28-10-2-1-3-11-28/h1-25,44H. The third-order valence-corrected chi connectivity index (χ3v) is 9.01. The summed E-state index contributed by atoms with van der Waals surface area (Å²) >= 11 is 0. The van der Waals surface area contributed by atoms with Gasteiger partial charge in [0, 0.05) is 32.6 Å². The molecule has 9 aromatic rings. The molecule has 9 rings (SSSR count). The van der Waals surface area contributed by atoms with Gasteiger partial charge in [-0.2, -0.15) is 0 Å². The Bertz CT molecular complexity index is 2540. The van der Waals surface area contributed by atoms with Crippen molar-refractivity contribution < 1.29 is 5.02 Å². The molecular weight excluding hydrogens is 535 g/mol. The van der Waals surface area contributed by atoms with Gasteiger partial charge in [0.2, 0.25) is 0 Å². The van der Waals surface area contributed by atoms with Crippen LogP contribution >= 0.6 is 0 Å². The number of nitrogens with zero attached hydrogens (tertiary/aromatic N) is 2. The molecule has 205 valence electrons. The van der Waals surface area contributed by atoms with Gasteiger partial charge in [-0.1, -0.05) is 97.1 Å². The van der Waals surface area contributed by atoms with Crippen LogP contribution in [0.3, 0.4) is 0 Å². The quantitative estimate of drug-likeness (QED) is 0.214. The highest BCUT2D eigenvalue weighted by Gasteiger charge is 2.17. The van der Waals surface area contributed by atoms with Gasteiger partial charge in [0.25, 0.3) is 0 Å². The summed E-state index contributed by atoms with van der Waals surface area (Å²) in [6, 6.07) is 54.0.